The van der Waals surface area contributed by atoms with Crippen molar-refractivity contribution in [1.82, 2.24) is 10.2 Å². The molecule has 1 N–H and O–H groups in total. The first-order chi connectivity index (χ1) is 11.0. The van der Waals surface area contributed by atoms with Gasteiger partial charge in [0, 0.05) is 13.1 Å². The Morgan fingerprint density at radius 1 is 1.17 bits per heavy atom. The minimum absolute atomic E-state index is 0.241. The third-order valence-corrected chi connectivity index (χ3v) is 4.04. The Morgan fingerprint density at radius 3 is 2.48 bits per heavy atom. The van der Waals surface area contributed by atoms with Crippen molar-refractivity contribution in [2.45, 2.75) is 26.9 Å². The number of thiocarbonyl (C=S) groups is 1. The van der Waals surface area contributed by atoms with E-state index >= 15 is 0 Å². The number of hydrogen-bond acceptors (Lipinski definition) is 3. The molecule has 0 saturated carbocycles. The quantitative estimate of drug-likeness (QED) is 0.854. The molecule has 0 aliphatic carbocycles. The van der Waals surface area contributed by atoms with E-state index in [0.29, 0.717) is 10.9 Å². The molecule has 0 saturated heterocycles. The number of fused-ring (bicyclic) bond motifs is 1. The molecular weight excluding hydrogens is 308 g/mol. The molecule has 2 rings (SSSR count). The molecule has 122 valence electrons. The van der Waals surface area contributed by atoms with E-state index in [2.05, 4.69) is 5.32 Å². The highest BCUT2D eigenvalue weighted by Crippen LogP contribution is 2.21. The molecule has 0 heterocycles. The van der Waals surface area contributed by atoms with Gasteiger partial charge < -0.3 is 9.64 Å². The molecule has 0 fully saturated rings. The first kappa shape index (κ1) is 17.2. The molecule has 0 bridgehead atoms. The van der Waals surface area contributed by atoms with Crippen LogP contribution in [0.1, 0.15) is 20.8 Å². The molecule has 0 unspecified atom stereocenters. The summed E-state index contributed by atoms with van der Waals surface area (Å²) in [5, 5.41) is 5.39. The molecule has 1 amide bonds. The predicted octanol–water partition coefficient (Wildman–Crippen LogP) is 3.35. The van der Waals surface area contributed by atoms with Crippen LogP contribution < -0.4 is 10.1 Å². The highest BCUT2D eigenvalue weighted by molar-refractivity contribution is 7.80. The third kappa shape index (κ3) is 4.42. The van der Waals surface area contributed by atoms with Gasteiger partial charge in [0.15, 0.2) is 11.2 Å². The van der Waals surface area contributed by atoms with Gasteiger partial charge in [0.25, 0.3) is 5.91 Å². The Morgan fingerprint density at radius 2 is 1.83 bits per heavy atom. The van der Waals surface area contributed by atoms with Gasteiger partial charge >= 0.3 is 0 Å². The van der Waals surface area contributed by atoms with Crippen molar-refractivity contribution in [3.63, 3.8) is 0 Å². The highest BCUT2D eigenvalue weighted by Gasteiger charge is 2.17. The second-order valence-electron chi connectivity index (χ2n) is 5.24. The lowest BCUT2D eigenvalue weighted by Gasteiger charge is -2.23. The molecule has 0 aliphatic heterocycles. The van der Waals surface area contributed by atoms with Gasteiger partial charge in [-0.25, -0.2) is 0 Å². The predicted molar refractivity (Wildman–Crippen MR) is 97.7 cm³/mol. The van der Waals surface area contributed by atoms with Crippen molar-refractivity contribution >= 4 is 34.0 Å². The average molecular weight is 330 g/mol. The molecule has 5 heteroatoms. The summed E-state index contributed by atoms with van der Waals surface area (Å²) in [6.07, 6.45) is -0.621. The third-order valence-electron chi connectivity index (χ3n) is 3.68. The number of nitrogens with zero attached hydrogens (tertiary/aromatic N) is 1. The van der Waals surface area contributed by atoms with Gasteiger partial charge in [0.1, 0.15) is 5.75 Å². The summed E-state index contributed by atoms with van der Waals surface area (Å²) in [5.74, 6) is 0.426. The SMILES string of the molecule is CCN(CC)C(=S)NC(=O)[C@H](C)Oc1ccc2ccccc2c1. The van der Waals surface area contributed by atoms with Crippen LogP contribution in [-0.4, -0.2) is 35.1 Å². The number of rotatable bonds is 5. The zero-order chi connectivity index (χ0) is 16.8. The van der Waals surface area contributed by atoms with Crippen LogP contribution in [-0.2, 0) is 4.79 Å². The van der Waals surface area contributed by atoms with Crippen LogP contribution in [0.5, 0.6) is 5.75 Å². The topological polar surface area (TPSA) is 41.6 Å². The van der Waals surface area contributed by atoms with Gasteiger partial charge in [-0.05, 0) is 55.9 Å². The number of nitrogens with one attached hydrogen (secondary N) is 1. The Labute approximate surface area is 142 Å². The summed E-state index contributed by atoms with van der Waals surface area (Å²) in [5.41, 5.74) is 0. The maximum Gasteiger partial charge on any atom is 0.266 e. The first-order valence-corrected chi connectivity index (χ1v) is 8.21. The second-order valence-corrected chi connectivity index (χ2v) is 5.62. The highest BCUT2D eigenvalue weighted by atomic mass is 32.1. The Balaban J connectivity index is 2.00. The molecule has 2 aromatic carbocycles. The maximum absolute atomic E-state index is 12.2. The zero-order valence-electron chi connectivity index (χ0n) is 13.7. The molecule has 2 aromatic rings. The van der Waals surface area contributed by atoms with Crippen LogP contribution in [0.2, 0.25) is 0 Å². The fraction of sp³-hybridized carbons (Fsp3) is 0.333. The van der Waals surface area contributed by atoms with Gasteiger partial charge in [0.05, 0.1) is 0 Å². The molecule has 0 spiro atoms. The largest absolute Gasteiger partial charge is 0.481 e. The molecule has 23 heavy (non-hydrogen) atoms. The van der Waals surface area contributed by atoms with Gasteiger partial charge in [0.2, 0.25) is 0 Å². The van der Waals surface area contributed by atoms with E-state index in [4.69, 9.17) is 17.0 Å². The summed E-state index contributed by atoms with van der Waals surface area (Å²) < 4.78 is 5.74. The van der Waals surface area contributed by atoms with Crippen LogP contribution in [0.4, 0.5) is 0 Å². The summed E-state index contributed by atoms with van der Waals surface area (Å²) >= 11 is 5.24. The monoisotopic (exact) mass is 330 g/mol. The fourth-order valence-corrected chi connectivity index (χ4v) is 2.65. The van der Waals surface area contributed by atoms with Gasteiger partial charge in [-0.2, -0.15) is 0 Å². The van der Waals surface area contributed by atoms with Crippen LogP contribution in [0.25, 0.3) is 10.8 Å². The lowest BCUT2D eigenvalue weighted by molar-refractivity contribution is -0.125. The van der Waals surface area contributed by atoms with Crippen molar-refractivity contribution in [3.8, 4) is 5.75 Å². The van der Waals surface area contributed by atoms with E-state index in [-0.39, 0.29) is 5.91 Å². The standard InChI is InChI=1S/C18H22N2O2S/c1-4-20(5-2)18(23)19-17(21)13(3)22-16-11-10-14-8-6-7-9-15(14)12-16/h6-13H,4-5H2,1-3H3,(H,19,21,23)/t13-/m0/s1. The minimum atomic E-state index is -0.621. The van der Waals surface area contributed by atoms with E-state index in [9.17, 15) is 4.79 Å². The van der Waals surface area contributed by atoms with Crippen LogP contribution >= 0.6 is 12.2 Å². The number of ether oxygens (including phenoxy) is 1. The van der Waals surface area contributed by atoms with E-state index in [1.165, 1.54) is 0 Å². The first-order valence-electron chi connectivity index (χ1n) is 7.80. The van der Waals surface area contributed by atoms with E-state index in [1.807, 2.05) is 61.2 Å². The Kier molecular flexibility index (Phi) is 5.93. The number of carbonyl (C=O) groups is 1. The summed E-state index contributed by atoms with van der Waals surface area (Å²) in [6.45, 7) is 7.23. The number of hydrogen-bond donors (Lipinski definition) is 1. The van der Waals surface area contributed by atoms with Crippen LogP contribution in [0.15, 0.2) is 42.5 Å². The lowest BCUT2D eigenvalue weighted by atomic mass is 10.1. The van der Waals surface area contributed by atoms with Crippen molar-refractivity contribution in [2.75, 3.05) is 13.1 Å². The Hall–Kier alpha value is -2.14. The molecule has 4 nitrogen and oxygen atoms in total. The number of benzene rings is 2. The average Bonchev–Trinajstić information content (AvgIpc) is 2.55. The van der Waals surface area contributed by atoms with Gasteiger partial charge in [-0.15, -0.1) is 0 Å². The van der Waals surface area contributed by atoms with Crippen LogP contribution in [0, 0.1) is 0 Å². The van der Waals surface area contributed by atoms with Crippen molar-refractivity contribution < 1.29 is 9.53 Å². The number of carbonyl (C=O) groups excluding carboxylic acids is 1. The molecule has 0 aromatic heterocycles. The van der Waals surface area contributed by atoms with Crippen molar-refractivity contribution in [1.29, 1.82) is 0 Å². The lowest BCUT2D eigenvalue weighted by Crippen LogP contribution is -2.46. The van der Waals surface area contributed by atoms with Gasteiger partial charge in [-0.3, -0.25) is 10.1 Å². The smallest absolute Gasteiger partial charge is 0.266 e. The molecule has 0 aliphatic rings. The van der Waals surface area contributed by atoms with E-state index < -0.39 is 6.10 Å². The van der Waals surface area contributed by atoms with Crippen molar-refractivity contribution in [2.24, 2.45) is 0 Å². The normalized spacial score (nSPS) is 11.8. The summed E-state index contributed by atoms with van der Waals surface area (Å²) in [6, 6.07) is 13.8. The molecule has 0 radical (unpaired) electrons. The summed E-state index contributed by atoms with van der Waals surface area (Å²) in [7, 11) is 0. The van der Waals surface area contributed by atoms with E-state index in [1.54, 1.807) is 6.92 Å². The minimum Gasteiger partial charge on any atom is -0.481 e. The molecule has 1 atom stereocenters. The zero-order valence-corrected chi connectivity index (χ0v) is 14.5. The Bertz CT molecular complexity index is 698. The van der Waals surface area contributed by atoms with Gasteiger partial charge in [-0.1, -0.05) is 30.3 Å². The van der Waals surface area contributed by atoms with Crippen molar-refractivity contribution in [3.05, 3.63) is 42.5 Å². The fourth-order valence-electron chi connectivity index (χ4n) is 2.30. The maximum atomic E-state index is 12.2. The summed E-state index contributed by atoms with van der Waals surface area (Å²) in [4.78, 5) is 14.1. The second kappa shape index (κ2) is 7.92. The van der Waals surface area contributed by atoms with E-state index in [0.717, 1.165) is 23.9 Å². The number of amides is 1. The molecular formula is C18H22N2O2S. The van der Waals surface area contributed by atoms with Crippen LogP contribution in [0.3, 0.4) is 0 Å².